The first-order valence-electron chi connectivity index (χ1n) is 9.09. The molecule has 0 fully saturated rings. The van der Waals surface area contributed by atoms with E-state index < -0.39 is 24.2 Å². The van der Waals surface area contributed by atoms with Gasteiger partial charge >= 0.3 is 0 Å². The van der Waals surface area contributed by atoms with Gasteiger partial charge in [0.25, 0.3) is 11.8 Å². The summed E-state index contributed by atoms with van der Waals surface area (Å²) in [7, 11) is 0. The minimum atomic E-state index is -0.641. The van der Waals surface area contributed by atoms with Crippen LogP contribution in [0.2, 0.25) is 0 Å². The van der Waals surface area contributed by atoms with Gasteiger partial charge in [-0.2, -0.15) is 0 Å². The lowest BCUT2D eigenvalue weighted by Crippen LogP contribution is -2.45. The summed E-state index contributed by atoms with van der Waals surface area (Å²) in [5, 5.41) is 1.83. The second-order valence-corrected chi connectivity index (χ2v) is 6.36. The summed E-state index contributed by atoms with van der Waals surface area (Å²) in [5.41, 5.74) is 5.87. The van der Waals surface area contributed by atoms with Crippen LogP contribution in [0.3, 0.4) is 0 Å². The van der Waals surface area contributed by atoms with Gasteiger partial charge in [-0.25, -0.2) is 4.39 Å². The fourth-order valence-electron chi connectivity index (χ4n) is 2.86. The molecule has 0 saturated heterocycles. The molecule has 7 nitrogen and oxygen atoms in total. The Hall–Kier alpha value is -4.07. The van der Waals surface area contributed by atoms with Crippen LogP contribution in [0.15, 0.2) is 71.1 Å². The smallest absolute Gasteiger partial charge is 0.276 e. The monoisotopic (exact) mass is 408 g/mol. The fraction of sp³-hybridized carbons (Fsp3) is 0.0909. The normalized spacial score (nSPS) is 10.7. The van der Waals surface area contributed by atoms with Gasteiger partial charge in [-0.1, -0.05) is 30.3 Å². The molecule has 0 aliphatic carbocycles. The van der Waals surface area contributed by atoms with Gasteiger partial charge in [-0.05, 0) is 36.4 Å². The molecule has 30 heavy (non-hydrogen) atoms. The summed E-state index contributed by atoms with van der Waals surface area (Å²) in [6, 6.07) is 18.6. The summed E-state index contributed by atoms with van der Waals surface area (Å²) in [5.74, 6) is -1.35. The summed E-state index contributed by atoms with van der Waals surface area (Å²) in [4.78, 5) is 23.6. The molecule has 4 aromatic rings. The number of furan rings is 1. The third-order valence-corrected chi connectivity index (χ3v) is 4.25. The Morgan fingerprint density at radius 1 is 0.800 bits per heavy atom. The van der Waals surface area contributed by atoms with Crippen molar-refractivity contribution in [1.82, 2.24) is 10.9 Å². The van der Waals surface area contributed by atoms with Crippen LogP contribution in [-0.4, -0.2) is 25.0 Å². The van der Waals surface area contributed by atoms with Crippen molar-refractivity contribution in [2.24, 2.45) is 0 Å². The Balaban J connectivity index is 1.27. The number of hydrazine groups is 1. The highest BCUT2D eigenvalue weighted by Gasteiger charge is 2.10. The second-order valence-electron chi connectivity index (χ2n) is 6.36. The van der Waals surface area contributed by atoms with Crippen molar-refractivity contribution < 1.29 is 27.9 Å². The number of hydrogen-bond donors (Lipinski definition) is 2. The number of halogens is 1. The fourth-order valence-corrected chi connectivity index (χ4v) is 2.86. The molecular weight excluding hydrogens is 391 g/mol. The zero-order valence-corrected chi connectivity index (χ0v) is 15.7. The number of carbonyl (C=O) groups excluding carboxylic acids is 2. The maximum atomic E-state index is 13.4. The first kappa shape index (κ1) is 19.3. The molecule has 1 heterocycles. The number of para-hydroxylation sites is 2. The summed E-state index contributed by atoms with van der Waals surface area (Å²) < 4.78 is 29.7. The van der Waals surface area contributed by atoms with Crippen molar-refractivity contribution in [3.05, 3.63) is 72.5 Å². The number of ether oxygens (including phenoxy) is 2. The molecule has 0 atom stereocenters. The Kier molecular flexibility index (Phi) is 5.47. The lowest BCUT2D eigenvalue weighted by molar-refractivity contribution is -0.131. The molecule has 152 valence electrons. The van der Waals surface area contributed by atoms with Crippen molar-refractivity contribution in [2.75, 3.05) is 13.2 Å². The number of hydrogen-bond acceptors (Lipinski definition) is 5. The van der Waals surface area contributed by atoms with Gasteiger partial charge in [0.15, 0.2) is 24.8 Å². The number of amides is 2. The van der Waals surface area contributed by atoms with Crippen molar-refractivity contribution in [3.8, 4) is 11.5 Å². The number of benzene rings is 3. The molecule has 0 aliphatic heterocycles. The molecule has 0 saturated carbocycles. The van der Waals surface area contributed by atoms with Crippen LogP contribution in [0.5, 0.6) is 11.5 Å². The Bertz CT molecular complexity index is 1220. The molecule has 0 radical (unpaired) electrons. The van der Waals surface area contributed by atoms with Crippen LogP contribution in [0.1, 0.15) is 0 Å². The van der Waals surface area contributed by atoms with E-state index in [-0.39, 0.29) is 12.4 Å². The van der Waals surface area contributed by atoms with Crippen molar-refractivity contribution >= 4 is 33.8 Å². The molecular formula is C22H17FN2O5. The average molecular weight is 408 g/mol. The second kappa shape index (κ2) is 8.52. The molecule has 4 rings (SSSR count). The maximum absolute atomic E-state index is 13.4. The molecule has 0 unspecified atom stereocenters. The van der Waals surface area contributed by atoms with Crippen LogP contribution in [0.25, 0.3) is 21.9 Å². The molecule has 0 spiro atoms. The standard InChI is InChI=1S/C22H17FN2O5/c23-17-6-2-4-8-20(17)29-13-22(27)25-24-21(26)12-28-14-9-10-19-16(11-14)15-5-1-3-7-18(15)30-19/h1-11H,12-13H2,(H,24,26)(H,25,27). The van der Waals surface area contributed by atoms with E-state index in [1.54, 1.807) is 24.3 Å². The van der Waals surface area contributed by atoms with E-state index >= 15 is 0 Å². The molecule has 0 bridgehead atoms. The summed E-state index contributed by atoms with van der Waals surface area (Å²) >= 11 is 0. The van der Waals surface area contributed by atoms with E-state index in [0.29, 0.717) is 5.75 Å². The zero-order valence-electron chi connectivity index (χ0n) is 15.7. The van der Waals surface area contributed by atoms with Crippen molar-refractivity contribution in [2.45, 2.75) is 0 Å². The molecule has 1 aromatic heterocycles. The van der Waals surface area contributed by atoms with Crippen LogP contribution >= 0.6 is 0 Å². The molecule has 2 amide bonds. The third kappa shape index (κ3) is 4.33. The Labute approximate surface area is 170 Å². The Morgan fingerprint density at radius 2 is 1.47 bits per heavy atom. The van der Waals surface area contributed by atoms with Gasteiger partial charge < -0.3 is 13.9 Å². The first-order valence-corrected chi connectivity index (χ1v) is 9.09. The van der Waals surface area contributed by atoms with Crippen molar-refractivity contribution in [3.63, 3.8) is 0 Å². The number of carbonyl (C=O) groups is 2. The summed E-state index contributed by atoms with van der Waals surface area (Å²) in [6.45, 7) is -0.762. The van der Waals surface area contributed by atoms with Crippen LogP contribution < -0.4 is 20.3 Å². The van der Waals surface area contributed by atoms with Crippen LogP contribution in [0, 0.1) is 5.82 Å². The lowest BCUT2D eigenvalue weighted by Gasteiger charge is -2.10. The number of rotatable bonds is 6. The third-order valence-electron chi connectivity index (χ3n) is 4.25. The topological polar surface area (TPSA) is 89.8 Å². The molecule has 2 N–H and O–H groups in total. The average Bonchev–Trinajstić information content (AvgIpc) is 3.13. The quantitative estimate of drug-likeness (QED) is 0.478. The molecule has 0 aliphatic rings. The predicted molar refractivity (Wildman–Crippen MR) is 107 cm³/mol. The van der Waals surface area contributed by atoms with E-state index in [4.69, 9.17) is 13.9 Å². The van der Waals surface area contributed by atoms with Gasteiger partial charge in [-0.3, -0.25) is 20.4 Å². The summed E-state index contributed by atoms with van der Waals surface area (Å²) in [6.07, 6.45) is 0. The van der Waals surface area contributed by atoms with E-state index in [9.17, 15) is 14.0 Å². The van der Waals surface area contributed by atoms with E-state index in [1.165, 1.54) is 18.2 Å². The lowest BCUT2D eigenvalue weighted by atomic mass is 10.1. The largest absolute Gasteiger partial charge is 0.484 e. The van der Waals surface area contributed by atoms with Crippen LogP contribution in [-0.2, 0) is 9.59 Å². The van der Waals surface area contributed by atoms with Crippen LogP contribution in [0.4, 0.5) is 4.39 Å². The molecule has 8 heteroatoms. The maximum Gasteiger partial charge on any atom is 0.276 e. The minimum absolute atomic E-state index is 0.0514. The van der Waals surface area contributed by atoms with Gasteiger partial charge in [0.1, 0.15) is 16.9 Å². The molecule has 3 aromatic carbocycles. The van der Waals surface area contributed by atoms with E-state index in [2.05, 4.69) is 10.9 Å². The van der Waals surface area contributed by atoms with Gasteiger partial charge in [-0.15, -0.1) is 0 Å². The Morgan fingerprint density at radius 3 is 2.27 bits per heavy atom. The van der Waals surface area contributed by atoms with E-state index in [1.807, 2.05) is 24.3 Å². The number of nitrogens with one attached hydrogen (secondary N) is 2. The predicted octanol–water partition coefficient (Wildman–Crippen LogP) is 3.33. The highest BCUT2D eigenvalue weighted by atomic mass is 19.1. The van der Waals surface area contributed by atoms with Gasteiger partial charge in [0.2, 0.25) is 0 Å². The van der Waals surface area contributed by atoms with Crippen molar-refractivity contribution in [1.29, 1.82) is 0 Å². The number of fused-ring (bicyclic) bond motifs is 3. The van der Waals surface area contributed by atoms with E-state index in [0.717, 1.165) is 21.9 Å². The minimum Gasteiger partial charge on any atom is -0.484 e. The highest BCUT2D eigenvalue weighted by Crippen LogP contribution is 2.31. The first-order chi connectivity index (χ1) is 14.6. The SMILES string of the molecule is O=C(COc1ccc2oc3ccccc3c2c1)NNC(=O)COc1ccccc1F. The highest BCUT2D eigenvalue weighted by molar-refractivity contribution is 6.05. The zero-order chi connectivity index (χ0) is 20.9. The van der Waals surface area contributed by atoms with Gasteiger partial charge in [0, 0.05) is 10.8 Å². The van der Waals surface area contributed by atoms with Gasteiger partial charge in [0.05, 0.1) is 0 Å².